The number of aliphatic hydroxyl groups is 1. The first-order chi connectivity index (χ1) is 8.64. The molecule has 2 rings (SSSR count). The molecule has 0 radical (unpaired) electrons. The lowest BCUT2D eigenvalue weighted by molar-refractivity contribution is -0.0627. The zero-order valence-corrected chi connectivity index (χ0v) is 11.1. The summed E-state index contributed by atoms with van der Waals surface area (Å²) >= 11 is 0. The van der Waals surface area contributed by atoms with Gasteiger partial charge in [0.15, 0.2) is 0 Å². The van der Waals surface area contributed by atoms with Crippen LogP contribution in [0.15, 0.2) is 18.2 Å². The molecule has 1 aliphatic rings. The normalized spacial score (nSPS) is 26.3. The summed E-state index contributed by atoms with van der Waals surface area (Å²) in [6.45, 7) is 2.51. The molecule has 0 bridgehead atoms. The topological polar surface area (TPSA) is 47.9 Å². The highest BCUT2D eigenvalue weighted by atomic mass is 16.5. The Labute approximate surface area is 107 Å². The minimum absolute atomic E-state index is 0.451. The van der Waals surface area contributed by atoms with Crippen molar-refractivity contribution >= 4 is 0 Å². The second kappa shape index (κ2) is 5.16. The van der Waals surface area contributed by atoms with Crippen molar-refractivity contribution in [3.8, 4) is 11.5 Å². The average Bonchev–Trinajstić information content (AvgIpc) is 2.38. The monoisotopic (exact) mass is 252 g/mol. The van der Waals surface area contributed by atoms with Gasteiger partial charge in [-0.15, -0.1) is 0 Å². The molecule has 2 atom stereocenters. The zero-order chi connectivity index (χ0) is 13.2. The number of benzene rings is 1. The van der Waals surface area contributed by atoms with E-state index in [-0.39, 0.29) is 0 Å². The Morgan fingerprint density at radius 1 is 1.44 bits per heavy atom. The molecule has 1 N–H and O–H groups in total. The van der Waals surface area contributed by atoms with Gasteiger partial charge >= 0.3 is 0 Å². The van der Waals surface area contributed by atoms with Gasteiger partial charge in [-0.05, 0) is 18.6 Å². The molecule has 1 heterocycles. The van der Waals surface area contributed by atoms with Crippen LogP contribution in [0.1, 0.15) is 31.4 Å². The first kappa shape index (κ1) is 13.2. The van der Waals surface area contributed by atoms with Gasteiger partial charge < -0.3 is 19.3 Å². The molecular weight excluding hydrogens is 232 g/mol. The van der Waals surface area contributed by atoms with Crippen molar-refractivity contribution in [2.24, 2.45) is 0 Å². The summed E-state index contributed by atoms with van der Waals surface area (Å²) < 4.78 is 16.5. The third-order valence-electron chi connectivity index (χ3n) is 3.52. The maximum atomic E-state index is 10.2. The molecule has 18 heavy (non-hydrogen) atoms. The van der Waals surface area contributed by atoms with Crippen molar-refractivity contribution in [2.45, 2.75) is 31.5 Å². The Bertz CT molecular complexity index is 418. The molecule has 0 saturated carbocycles. The number of aliphatic hydroxyl groups excluding tert-OH is 1. The fourth-order valence-corrected chi connectivity index (χ4v) is 2.41. The predicted molar refractivity (Wildman–Crippen MR) is 68.1 cm³/mol. The predicted octanol–water partition coefficient (Wildman–Crippen LogP) is 2.31. The van der Waals surface area contributed by atoms with E-state index in [1.54, 1.807) is 14.2 Å². The van der Waals surface area contributed by atoms with Gasteiger partial charge in [-0.2, -0.15) is 0 Å². The van der Waals surface area contributed by atoms with E-state index in [4.69, 9.17) is 14.2 Å². The van der Waals surface area contributed by atoms with Crippen molar-refractivity contribution in [1.29, 1.82) is 0 Å². The van der Waals surface area contributed by atoms with Crippen molar-refractivity contribution in [3.63, 3.8) is 0 Å². The summed E-state index contributed by atoms with van der Waals surface area (Å²) in [5.41, 5.74) is 0.365. The standard InChI is InChI=1S/C14H20O4/c1-4-14(9-16-2)8-12(15)11-6-5-10(17-3)7-13(11)18-14/h5-7,12,15H,4,8-9H2,1-3H3. The van der Waals surface area contributed by atoms with Gasteiger partial charge in [0.1, 0.15) is 17.1 Å². The lowest BCUT2D eigenvalue weighted by Gasteiger charge is -2.39. The summed E-state index contributed by atoms with van der Waals surface area (Å²) in [4.78, 5) is 0. The molecule has 100 valence electrons. The highest BCUT2D eigenvalue weighted by molar-refractivity contribution is 5.44. The van der Waals surface area contributed by atoms with Gasteiger partial charge in [0.05, 0.1) is 19.8 Å². The van der Waals surface area contributed by atoms with Gasteiger partial charge in [0.25, 0.3) is 0 Å². The van der Waals surface area contributed by atoms with Crippen LogP contribution < -0.4 is 9.47 Å². The Morgan fingerprint density at radius 3 is 2.83 bits per heavy atom. The molecule has 1 aromatic rings. The van der Waals surface area contributed by atoms with Gasteiger partial charge in [-0.25, -0.2) is 0 Å². The van der Waals surface area contributed by atoms with Gasteiger partial charge in [0.2, 0.25) is 0 Å². The summed E-state index contributed by atoms with van der Waals surface area (Å²) in [5, 5.41) is 10.2. The Hall–Kier alpha value is -1.26. The van der Waals surface area contributed by atoms with Crippen LogP contribution >= 0.6 is 0 Å². The number of hydrogen-bond acceptors (Lipinski definition) is 4. The van der Waals surface area contributed by atoms with Crippen molar-refractivity contribution in [2.75, 3.05) is 20.8 Å². The summed E-state index contributed by atoms with van der Waals surface area (Å²) in [7, 11) is 3.26. The number of ether oxygens (including phenoxy) is 3. The molecule has 0 spiro atoms. The van der Waals surface area contributed by atoms with E-state index in [1.807, 2.05) is 25.1 Å². The fraction of sp³-hybridized carbons (Fsp3) is 0.571. The lowest BCUT2D eigenvalue weighted by Crippen LogP contribution is -2.44. The van der Waals surface area contributed by atoms with Gasteiger partial charge in [0, 0.05) is 25.2 Å². The quantitative estimate of drug-likeness (QED) is 0.893. The molecule has 0 aromatic heterocycles. The lowest BCUT2D eigenvalue weighted by atomic mass is 9.87. The Morgan fingerprint density at radius 2 is 2.22 bits per heavy atom. The molecule has 4 nitrogen and oxygen atoms in total. The van der Waals surface area contributed by atoms with E-state index >= 15 is 0 Å². The third kappa shape index (κ3) is 2.31. The number of hydrogen-bond donors (Lipinski definition) is 1. The van der Waals surface area contributed by atoms with Crippen LogP contribution in [0, 0.1) is 0 Å². The largest absolute Gasteiger partial charge is 0.497 e. The van der Waals surface area contributed by atoms with Gasteiger partial charge in [-0.3, -0.25) is 0 Å². The fourth-order valence-electron chi connectivity index (χ4n) is 2.41. The Balaban J connectivity index is 2.35. The first-order valence-electron chi connectivity index (χ1n) is 6.18. The SMILES string of the molecule is CCC1(COC)CC(O)c2ccc(OC)cc2O1. The van der Waals surface area contributed by atoms with Crippen LogP contribution in [0.5, 0.6) is 11.5 Å². The van der Waals surface area contributed by atoms with Crippen molar-refractivity contribution < 1.29 is 19.3 Å². The molecule has 1 aromatic carbocycles. The van der Waals surface area contributed by atoms with E-state index in [0.29, 0.717) is 18.8 Å². The average molecular weight is 252 g/mol. The van der Waals surface area contributed by atoms with Crippen LogP contribution in [0.4, 0.5) is 0 Å². The second-order valence-electron chi connectivity index (χ2n) is 4.70. The van der Waals surface area contributed by atoms with Crippen molar-refractivity contribution in [3.05, 3.63) is 23.8 Å². The van der Waals surface area contributed by atoms with Crippen LogP contribution in [0.3, 0.4) is 0 Å². The highest BCUT2D eigenvalue weighted by Crippen LogP contribution is 2.42. The molecule has 1 aliphatic heterocycles. The molecular formula is C14H20O4. The van der Waals surface area contributed by atoms with E-state index in [1.165, 1.54) is 0 Å². The maximum Gasteiger partial charge on any atom is 0.135 e. The summed E-state index contributed by atoms with van der Waals surface area (Å²) in [6, 6.07) is 5.50. The molecule has 2 unspecified atom stereocenters. The van der Waals surface area contributed by atoms with Crippen LogP contribution in [0.25, 0.3) is 0 Å². The molecule has 0 aliphatic carbocycles. The highest BCUT2D eigenvalue weighted by Gasteiger charge is 2.39. The third-order valence-corrected chi connectivity index (χ3v) is 3.52. The Kier molecular flexibility index (Phi) is 3.78. The van der Waals surface area contributed by atoms with Crippen LogP contribution in [0.2, 0.25) is 0 Å². The summed E-state index contributed by atoms with van der Waals surface area (Å²) in [5.74, 6) is 1.41. The molecule has 0 amide bonds. The van der Waals surface area contributed by atoms with E-state index in [9.17, 15) is 5.11 Å². The number of rotatable bonds is 4. The smallest absolute Gasteiger partial charge is 0.135 e. The second-order valence-corrected chi connectivity index (χ2v) is 4.70. The maximum absolute atomic E-state index is 10.2. The van der Waals surface area contributed by atoms with Crippen LogP contribution in [-0.2, 0) is 4.74 Å². The number of methoxy groups -OCH3 is 2. The van der Waals surface area contributed by atoms with Crippen LogP contribution in [-0.4, -0.2) is 31.5 Å². The summed E-state index contributed by atoms with van der Waals surface area (Å²) in [6.07, 6.45) is 0.820. The molecule has 0 fully saturated rings. The van der Waals surface area contributed by atoms with Crippen molar-refractivity contribution in [1.82, 2.24) is 0 Å². The molecule has 4 heteroatoms. The van der Waals surface area contributed by atoms with E-state index < -0.39 is 11.7 Å². The minimum atomic E-state index is -0.519. The molecule has 0 saturated heterocycles. The first-order valence-corrected chi connectivity index (χ1v) is 6.18. The number of fused-ring (bicyclic) bond motifs is 1. The van der Waals surface area contributed by atoms with E-state index in [2.05, 4.69) is 0 Å². The van der Waals surface area contributed by atoms with E-state index in [0.717, 1.165) is 17.7 Å². The minimum Gasteiger partial charge on any atom is -0.497 e. The zero-order valence-electron chi connectivity index (χ0n) is 11.1. The van der Waals surface area contributed by atoms with Gasteiger partial charge in [-0.1, -0.05) is 6.92 Å².